The first-order valence-electron chi connectivity index (χ1n) is 7.26. The van der Waals surface area contributed by atoms with E-state index < -0.39 is 0 Å². The Kier molecular flexibility index (Phi) is 6.89. The van der Waals surface area contributed by atoms with E-state index in [9.17, 15) is 4.79 Å². The molecule has 0 saturated heterocycles. The van der Waals surface area contributed by atoms with Crippen LogP contribution in [0.1, 0.15) is 5.56 Å². The fourth-order valence-corrected chi connectivity index (χ4v) is 2.87. The molecule has 0 aromatic heterocycles. The van der Waals surface area contributed by atoms with E-state index in [1.54, 1.807) is 7.11 Å². The summed E-state index contributed by atoms with van der Waals surface area (Å²) < 4.78 is 5.13. The number of thioether (sulfide) groups is 1. The number of ether oxygens (including phenoxy) is 1. The van der Waals surface area contributed by atoms with Gasteiger partial charge in [0.15, 0.2) is 5.11 Å². The zero-order valence-electron chi connectivity index (χ0n) is 13.2. The molecule has 2 aromatic rings. The molecule has 4 N–H and O–H groups in total. The summed E-state index contributed by atoms with van der Waals surface area (Å²) in [5, 5.41) is 6.82. The number of hydrogen-bond acceptors (Lipinski definition) is 4. The summed E-state index contributed by atoms with van der Waals surface area (Å²) >= 11 is 6.71. The van der Waals surface area contributed by atoms with Gasteiger partial charge in [-0.3, -0.25) is 4.79 Å². The summed E-state index contributed by atoms with van der Waals surface area (Å²) in [6, 6.07) is 15.4. The van der Waals surface area contributed by atoms with Crippen molar-refractivity contribution in [3.05, 3.63) is 54.1 Å². The van der Waals surface area contributed by atoms with Gasteiger partial charge in [-0.25, -0.2) is 0 Å². The summed E-state index contributed by atoms with van der Waals surface area (Å²) in [7, 11) is 1.64. The number of thiocarbonyl (C=S) groups is 1. The highest BCUT2D eigenvalue weighted by atomic mass is 32.2. The largest absolute Gasteiger partial charge is 0.497 e. The highest BCUT2D eigenvalue weighted by molar-refractivity contribution is 8.00. The predicted molar refractivity (Wildman–Crippen MR) is 102 cm³/mol. The number of primary amides is 1. The third-order valence-corrected chi connectivity index (χ3v) is 4.46. The van der Waals surface area contributed by atoms with Crippen molar-refractivity contribution in [3.63, 3.8) is 0 Å². The van der Waals surface area contributed by atoms with Crippen LogP contribution in [0.2, 0.25) is 0 Å². The number of carbonyl (C=O) groups excluding carboxylic acids is 1. The minimum absolute atomic E-state index is 0.227. The van der Waals surface area contributed by atoms with Crippen LogP contribution in [0.5, 0.6) is 5.75 Å². The van der Waals surface area contributed by atoms with Crippen molar-refractivity contribution in [1.29, 1.82) is 0 Å². The first-order valence-corrected chi connectivity index (χ1v) is 8.66. The molecule has 2 aromatic carbocycles. The summed E-state index contributed by atoms with van der Waals surface area (Å²) in [6.07, 6.45) is 0. The van der Waals surface area contributed by atoms with E-state index in [0.29, 0.717) is 11.7 Å². The highest BCUT2D eigenvalue weighted by Gasteiger charge is 2.06. The topological polar surface area (TPSA) is 76.4 Å². The maximum Gasteiger partial charge on any atom is 0.227 e. The van der Waals surface area contributed by atoms with Crippen molar-refractivity contribution in [2.24, 2.45) is 5.73 Å². The smallest absolute Gasteiger partial charge is 0.227 e. The average molecular weight is 361 g/mol. The second-order valence-corrected chi connectivity index (χ2v) is 6.33. The Bertz CT molecular complexity index is 705. The number of carbonyl (C=O) groups is 1. The van der Waals surface area contributed by atoms with E-state index in [1.807, 2.05) is 48.5 Å². The van der Waals surface area contributed by atoms with Crippen LogP contribution in [0.4, 0.5) is 5.69 Å². The van der Waals surface area contributed by atoms with E-state index >= 15 is 0 Å². The molecule has 0 saturated carbocycles. The van der Waals surface area contributed by atoms with E-state index in [0.717, 1.165) is 21.9 Å². The maximum atomic E-state index is 10.9. The monoisotopic (exact) mass is 361 g/mol. The lowest BCUT2D eigenvalue weighted by Crippen LogP contribution is -2.28. The second-order valence-electron chi connectivity index (χ2n) is 4.91. The molecule has 0 aliphatic rings. The molecule has 2 rings (SSSR count). The lowest BCUT2D eigenvalue weighted by atomic mass is 10.2. The number of nitrogens with one attached hydrogen (secondary N) is 2. The molecule has 0 atom stereocenters. The van der Waals surface area contributed by atoms with Gasteiger partial charge in [-0.05, 0) is 42.0 Å². The molecular weight excluding hydrogens is 342 g/mol. The molecule has 5 nitrogen and oxygen atoms in total. The van der Waals surface area contributed by atoms with Crippen LogP contribution in [-0.2, 0) is 11.3 Å². The van der Waals surface area contributed by atoms with Crippen molar-refractivity contribution in [3.8, 4) is 5.75 Å². The zero-order valence-corrected chi connectivity index (χ0v) is 14.9. The van der Waals surface area contributed by atoms with Crippen molar-refractivity contribution in [2.45, 2.75) is 11.4 Å². The third-order valence-electron chi connectivity index (χ3n) is 3.12. The van der Waals surface area contributed by atoms with Gasteiger partial charge >= 0.3 is 0 Å². The van der Waals surface area contributed by atoms with Gasteiger partial charge in [0.1, 0.15) is 5.75 Å². The Morgan fingerprint density at radius 2 is 1.92 bits per heavy atom. The first kappa shape index (κ1) is 18.1. The minimum atomic E-state index is -0.352. The first-order chi connectivity index (χ1) is 11.6. The van der Waals surface area contributed by atoms with Crippen LogP contribution in [0.15, 0.2) is 53.4 Å². The Labute approximate surface area is 151 Å². The number of para-hydroxylation sites is 1. The molecule has 0 aliphatic heterocycles. The summed E-state index contributed by atoms with van der Waals surface area (Å²) in [5.41, 5.74) is 7.13. The van der Waals surface area contributed by atoms with E-state index in [1.165, 1.54) is 11.8 Å². The summed E-state index contributed by atoms with van der Waals surface area (Å²) in [4.78, 5) is 11.9. The molecule has 0 radical (unpaired) electrons. The number of amides is 1. The Hall–Kier alpha value is -2.25. The molecule has 1 amide bonds. The lowest BCUT2D eigenvalue weighted by molar-refractivity contribution is -0.115. The van der Waals surface area contributed by atoms with Crippen LogP contribution < -0.4 is 21.1 Å². The summed E-state index contributed by atoms with van der Waals surface area (Å²) in [6.45, 7) is 0.604. The van der Waals surface area contributed by atoms with Gasteiger partial charge in [0.2, 0.25) is 5.91 Å². The van der Waals surface area contributed by atoms with Gasteiger partial charge in [-0.1, -0.05) is 24.3 Å². The normalized spacial score (nSPS) is 10.0. The van der Waals surface area contributed by atoms with Gasteiger partial charge in [-0.15, -0.1) is 11.8 Å². The number of anilines is 1. The van der Waals surface area contributed by atoms with Crippen LogP contribution in [0.3, 0.4) is 0 Å². The molecule has 0 heterocycles. The molecule has 7 heteroatoms. The number of benzene rings is 2. The highest BCUT2D eigenvalue weighted by Crippen LogP contribution is 2.26. The Morgan fingerprint density at radius 1 is 1.21 bits per heavy atom. The van der Waals surface area contributed by atoms with Gasteiger partial charge in [0.05, 0.1) is 18.6 Å². The van der Waals surface area contributed by atoms with Crippen molar-refractivity contribution in [1.82, 2.24) is 5.32 Å². The molecule has 0 aliphatic carbocycles. The van der Waals surface area contributed by atoms with Crippen LogP contribution >= 0.6 is 24.0 Å². The SMILES string of the molecule is COc1ccc(CNC(=S)Nc2ccccc2SCC(N)=O)cc1. The molecule has 0 fully saturated rings. The third kappa shape index (κ3) is 5.75. The van der Waals surface area contributed by atoms with Crippen LogP contribution in [0, 0.1) is 0 Å². The lowest BCUT2D eigenvalue weighted by Gasteiger charge is -2.13. The van der Waals surface area contributed by atoms with Gasteiger partial charge in [-0.2, -0.15) is 0 Å². The standard InChI is InChI=1S/C17H19N3O2S2/c1-22-13-8-6-12(7-9-13)10-19-17(23)20-14-4-2-3-5-15(14)24-11-16(18)21/h2-9H,10-11H2,1H3,(H2,18,21)(H2,19,20,23). The minimum Gasteiger partial charge on any atom is -0.497 e. The van der Waals surface area contributed by atoms with Crippen molar-refractivity contribution in [2.75, 3.05) is 18.2 Å². The molecule has 0 bridgehead atoms. The zero-order chi connectivity index (χ0) is 17.4. The molecular formula is C17H19N3O2S2. The molecule has 0 unspecified atom stereocenters. The fourth-order valence-electron chi connectivity index (χ4n) is 1.94. The van der Waals surface area contributed by atoms with Gasteiger partial charge in [0, 0.05) is 11.4 Å². The van der Waals surface area contributed by atoms with Crippen LogP contribution in [0.25, 0.3) is 0 Å². The molecule has 0 spiro atoms. The van der Waals surface area contributed by atoms with E-state index in [-0.39, 0.29) is 11.7 Å². The molecule has 24 heavy (non-hydrogen) atoms. The van der Waals surface area contributed by atoms with E-state index in [2.05, 4.69) is 10.6 Å². The predicted octanol–water partition coefficient (Wildman–Crippen LogP) is 2.76. The fraction of sp³-hybridized carbons (Fsp3) is 0.176. The van der Waals surface area contributed by atoms with Gasteiger partial charge in [0.25, 0.3) is 0 Å². The van der Waals surface area contributed by atoms with Crippen molar-refractivity contribution < 1.29 is 9.53 Å². The Morgan fingerprint density at radius 3 is 2.58 bits per heavy atom. The Balaban J connectivity index is 1.90. The van der Waals surface area contributed by atoms with Gasteiger partial charge < -0.3 is 21.1 Å². The average Bonchev–Trinajstić information content (AvgIpc) is 2.59. The number of methoxy groups -OCH3 is 1. The molecule has 126 valence electrons. The number of rotatable bonds is 7. The van der Waals surface area contributed by atoms with Crippen molar-refractivity contribution >= 4 is 40.7 Å². The number of nitrogens with two attached hydrogens (primary N) is 1. The summed E-state index contributed by atoms with van der Waals surface area (Å²) in [5.74, 6) is 0.694. The maximum absolute atomic E-state index is 10.9. The van der Waals surface area contributed by atoms with E-state index in [4.69, 9.17) is 22.7 Å². The number of hydrogen-bond donors (Lipinski definition) is 3. The van der Waals surface area contributed by atoms with Crippen LogP contribution in [-0.4, -0.2) is 23.9 Å². The quantitative estimate of drug-likeness (QED) is 0.520. The second kappa shape index (κ2) is 9.14.